The Kier molecular flexibility index (Phi) is 5.96. The van der Waals surface area contributed by atoms with Crippen LogP contribution in [0.15, 0.2) is 36.4 Å². The maximum atomic E-state index is 12.8. The summed E-state index contributed by atoms with van der Waals surface area (Å²) in [6.45, 7) is 1.92. The largest absolute Gasteiger partial charge is 0.507 e. The third kappa shape index (κ3) is 4.39. The first-order valence-electron chi connectivity index (χ1n) is 8.32. The zero-order chi connectivity index (χ0) is 19.2. The summed E-state index contributed by atoms with van der Waals surface area (Å²) < 4.78 is 10.8. The van der Waals surface area contributed by atoms with E-state index in [9.17, 15) is 9.90 Å². The van der Waals surface area contributed by atoms with Crippen molar-refractivity contribution in [2.24, 2.45) is 0 Å². The van der Waals surface area contributed by atoms with Crippen LogP contribution in [0.2, 0.25) is 0 Å². The topological polar surface area (TPSA) is 55.8 Å². The third-order valence-electron chi connectivity index (χ3n) is 4.02. The maximum absolute atomic E-state index is 12.8. The second-order valence-corrected chi connectivity index (χ2v) is 6.80. The summed E-state index contributed by atoms with van der Waals surface area (Å²) in [5.74, 6) is 12.9. The van der Waals surface area contributed by atoms with E-state index >= 15 is 0 Å². The van der Waals surface area contributed by atoms with Gasteiger partial charge in [-0.2, -0.15) is 0 Å². The Morgan fingerprint density at radius 3 is 2.85 bits per heavy atom. The highest BCUT2D eigenvalue weighted by molar-refractivity contribution is 7.99. The summed E-state index contributed by atoms with van der Waals surface area (Å²) in [4.78, 5) is 12.8. The van der Waals surface area contributed by atoms with Crippen LogP contribution in [0.4, 0.5) is 0 Å². The van der Waals surface area contributed by atoms with Gasteiger partial charge in [-0.1, -0.05) is 29.7 Å². The molecule has 5 heteroatoms. The van der Waals surface area contributed by atoms with Crippen molar-refractivity contribution in [3.05, 3.63) is 47.5 Å². The minimum absolute atomic E-state index is 0.0993. The number of aryl methyl sites for hydroxylation is 1. The summed E-state index contributed by atoms with van der Waals surface area (Å²) in [5.41, 5.74) is 1.03. The van der Waals surface area contributed by atoms with Crippen molar-refractivity contribution in [1.82, 2.24) is 0 Å². The van der Waals surface area contributed by atoms with Crippen LogP contribution >= 0.6 is 11.8 Å². The second-order valence-electron chi connectivity index (χ2n) is 5.82. The normalized spacial score (nSPS) is 17.0. The van der Waals surface area contributed by atoms with Crippen molar-refractivity contribution in [2.75, 3.05) is 18.6 Å². The van der Waals surface area contributed by atoms with Crippen LogP contribution in [0.3, 0.4) is 0 Å². The molecule has 1 aliphatic rings. The predicted molar refractivity (Wildman–Crippen MR) is 108 cm³/mol. The predicted octanol–water partition coefficient (Wildman–Crippen LogP) is 3.70. The summed E-state index contributed by atoms with van der Waals surface area (Å²) in [6, 6.07) is 6.86. The zero-order valence-electron chi connectivity index (χ0n) is 15.0. The van der Waals surface area contributed by atoms with Gasteiger partial charge >= 0.3 is 5.97 Å². The third-order valence-corrected chi connectivity index (χ3v) is 4.71. The van der Waals surface area contributed by atoms with Gasteiger partial charge in [0.05, 0.1) is 18.6 Å². The Labute approximate surface area is 162 Å². The number of hydrogen-bond acceptors (Lipinski definition) is 5. The number of rotatable bonds is 3. The van der Waals surface area contributed by atoms with Crippen LogP contribution in [-0.2, 0) is 4.74 Å². The molecule has 1 heterocycles. The van der Waals surface area contributed by atoms with Gasteiger partial charge in [-0.05, 0) is 48.2 Å². The number of ether oxygens (including phenoxy) is 2. The van der Waals surface area contributed by atoms with Crippen LogP contribution in [0.5, 0.6) is 11.5 Å². The quantitative estimate of drug-likeness (QED) is 0.652. The standard InChI is InChI=1S/C22H18O4S/c1-15-13-17(25-2)14-19-18(15)9-10-20(23)21(19)22(24)26-16-7-4-3-5-11-27-12-6-8-16/h4,7,9-10,13-14,16,23H,11-12H2,1-2H3/b7-4-. The first-order valence-corrected chi connectivity index (χ1v) is 9.48. The molecule has 1 aliphatic heterocycles. The number of allylic oxidation sites excluding steroid dienone is 1. The minimum atomic E-state index is -0.730. The van der Waals surface area contributed by atoms with Crippen LogP contribution in [-0.4, -0.2) is 35.8 Å². The van der Waals surface area contributed by atoms with Crippen molar-refractivity contribution in [1.29, 1.82) is 0 Å². The molecule has 1 N–H and O–H groups in total. The molecule has 0 aliphatic carbocycles. The number of thioether (sulfide) groups is 1. The molecule has 2 aromatic carbocycles. The molecule has 0 saturated heterocycles. The van der Waals surface area contributed by atoms with Crippen molar-refractivity contribution in [3.8, 4) is 35.2 Å². The molecule has 0 fully saturated rings. The zero-order valence-corrected chi connectivity index (χ0v) is 15.9. The lowest BCUT2D eigenvalue weighted by Crippen LogP contribution is -2.15. The number of methoxy groups -OCH3 is 1. The first-order chi connectivity index (χ1) is 13.1. The molecular weight excluding hydrogens is 360 g/mol. The molecule has 4 nitrogen and oxygen atoms in total. The molecule has 0 radical (unpaired) electrons. The monoisotopic (exact) mass is 378 g/mol. The highest BCUT2D eigenvalue weighted by Gasteiger charge is 2.20. The van der Waals surface area contributed by atoms with Crippen LogP contribution in [0, 0.1) is 30.6 Å². The molecule has 2 aromatic rings. The van der Waals surface area contributed by atoms with E-state index in [0.717, 1.165) is 10.9 Å². The number of phenolic OH excluding ortho intramolecular Hbond substituents is 1. The van der Waals surface area contributed by atoms with Crippen LogP contribution < -0.4 is 4.74 Å². The van der Waals surface area contributed by atoms with Gasteiger partial charge in [0.1, 0.15) is 17.1 Å². The van der Waals surface area contributed by atoms with Gasteiger partial charge in [-0.3, -0.25) is 0 Å². The summed E-state index contributed by atoms with van der Waals surface area (Å²) in [5, 5.41) is 11.7. The van der Waals surface area contributed by atoms with Crippen LogP contribution in [0.1, 0.15) is 15.9 Å². The molecule has 0 saturated carbocycles. The fourth-order valence-corrected chi connectivity index (χ4v) is 3.20. The van der Waals surface area contributed by atoms with Gasteiger partial charge in [-0.25, -0.2) is 4.79 Å². The molecule has 3 rings (SSSR count). The molecule has 0 amide bonds. The van der Waals surface area contributed by atoms with Gasteiger partial charge in [0.25, 0.3) is 0 Å². The van der Waals surface area contributed by atoms with E-state index in [1.807, 2.05) is 13.0 Å². The molecule has 0 aromatic heterocycles. The lowest BCUT2D eigenvalue weighted by Gasteiger charge is -2.14. The average Bonchev–Trinajstić information content (AvgIpc) is 2.66. The van der Waals surface area contributed by atoms with Gasteiger partial charge in [0.2, 0.25) is 0 Å². The Bertz CT molecular complexity index is 1030. The molecule has 1 unspecified atom stereocenters. The Hall–Kier alpha value is -3.02. The Morgan fingerprint density at radius 1 is 1.22 bits per heavy atom. The summed E-state index contributed by atoms with van der Waals surface area (Å²) >= 11 is 1.60. The average molecular weight is 378 g/mol. The number of phenols is 1. The number of aromatic hydroxyl groups is 1. The van der Waals surface area contributed by atoms with E-state index in [2.05, 4.69) is 23.7 Å². The molecular formula is C22H18O4S. The maximum Gasteiger partial charge on any atom is 0.344 e. The van der Waals surface area contributed by atoms with Gasteiger partial charge in [-0.15, -0.1) is 11.8 Å². The number of esters is 1. The lowest BCUT2D eigenvalue weighted by molar-refractivity contribution is 0.0474. The smallest absolute Gasteiger partial charge is 0.344 e. The number of fused-ring (bicyclic) bond motifs is 1. The van der Waals surface area contributed by atoms with E-state index in [0.29, 0.717) is 22.6 Å². The number of carbonyl (C=O) groups excluding carboxylic acids is 1. The highest BCUT2D eigenvalue weighted by Crippen LogP contribution is 2.33. The van der Waals surface area contributed by atoms with Crippen LogP contribution in [0.25, 0.3) is 10.8 Å². The van der Waals surface area contributed by atoms with E-state index < -0.39 is 12.1 Å². The van der Waals surface area contributed by atoms with Crippen molar-refractivity contribution in [2.45, 2.75) is 13.0 Å². The molecule has 0 bridgehead atoms. The molecule has 1 atom stereocenters. The van der Waals surface area contributed by atoms with E-state index in [1.165, 1.54) is 6.07 Å². The fraction of sp³-hybridized carbons (Fsp3) is 0.227. The van der Waals surface area contributed by atoms with Gasteiger partial charge in [0.15, 0.2) is 6.10 Å². The first kappa shape index (κ1) is 18.8. The van der Waals surface area contributed by atoms with E-state index in [1.54, 1.807) is 43.2 Å². The minimum Gasteiger partial charge on any atom is -0.507 e. The second kappa shape index (κ2) is 8.58. The molecule has 136 valence electrons. The molecule has 0 spiro atoms. The van der Waals surface area contributed by atoms with Crippen molar-refractivity contribution in [3.63, 3.8) is 0 Å². The summed E-state index contributed by atoms with van der Waals surface area (Å²) in [7, 11) is 1.56. The SMILES string of the molecule is COc1cc(C)c2ccc(O)c(C(=O)OC3C#CCSCC#C/C=C\3)c2c1. The Balaban J connectivity index is 2.00. The van der Waals surface area contributed by atoms with E-state index in [-0.39, 0.29) is 11.3 Å². The van der Waals surface area contributed by atoms with Gasteiger partial charge in [0, 0.05) is 5.39 Å². The molecule has 27 heavy (non-hydrogen) atoms. The van der Waals surface area contributed by atoms with E-state index in [4.69, 9.17) is 9.47 Å². The van der Waals surface area contributed by atoms with Gasteiger partial charge < -0.3 is 14.6 Å². The fourth-order valence-electron chi connectivity index (χ4n) is 2.73. The Morgan fingerprint density at radius 2 is 2.04 bits per heavy atom. The summed E-state index contributed by atoms with van der Waals surface area (Å²) in [6.07, 6.45) is 2.54. The number of benzene rings is 2. The lowest BCUT2D eigenvalue weighted by atomic mass is 9.99. The number of carbonyl (C=O) groups is 1. The van der Waals surface area contributed by atoms with Crippen molar-refractivity contribution >= 4 is 28.5 Å². The highest BCUT2D eigenvalue weighted by atomic mass is 32.2. The van der Waals surface area contributed by atoms with Crippen molar-refractivity contribution < 1.29 is 19.4 Å². The number of hydrogen-bond donors (Lipinski definition) is 1.